The van der Waals surface area contributed by atoms with E-state index in [9.17, 15) is 9.59 Å². The maximum atomic E-state index is 12.2. The smallest absolute Gasteiger partial charge is 0.329 e. The van der Waals surface area contributed by atoms with E-state index in [-0.39, 0.29) is 12.5 Å². The lowest BCUT2D eigenvalue weighted by Gasteiger charge is -2.39. The van der Waals surface area contributed by atoms with Crippen LogP contribution in [0.4, 0.5) is 0 Å². The molecule has 0 atom stereocenters. The Balaban J connectivity index is 5.17. The van der Waals surface area contributed by atoms with Gasteiger partial charge >= 0.3 is 5.97 Å². The number of hydrogen-bond acceptors (Lipinski definition) is 3. The number of carboxylic acids is 1. The van der Waals surface area contributed by atoms with Crippen LogP contribution in [0.25, 0.3) is 0 Å². The van der Waals surface area contributed by atoms with Crippen LogP contribution in [0.2, 0.25) is 0 Å². The summed E-state index contributed by atoms with van der Waals surface area (Å²) in [5.41, 5.74) is 3.58. The minimum Gasteiger partial charge on any atom is -0.480 e. The Kier molecular flexibility index (Phi) is 4.49. The van der Waals surface area contributed by atoms with Gasteiger partial charge in [0.1, 0.15) is 5.54 Å². The van der Waals surface area contributed by atoms with Gasteiger partial charge < -0.3 is 15.7 Å². The first-order chi connectivity index (χ1) is 7.11. The molecule has 0 aliphatic rings. The van der Waals surface area contributed by atoms with E-state index in [0.29, 0.717) is 6.54 Å². The van der Waals surface area contributed by atoms with Gasteiger partial charge in [0.05, 0.1) is 5.41 Å². The predicted octanol–water partition coefficient (Wildman–Crippen LogP) is 0.683. The van der Waals surface area contributed by atoms with Crippen molar-refractivity contribution in [3.05, 3.63) is 0 Å². The van der Waals surface area contributed by atoms with Crippen LogP contribution in [0.3, 0.4) is 0 Å². The van der Waals surface area contributed by atoms with Gasteiger partial charge in [0.15, 0.2) is 0 Å². The first-order valence-electron chi connectivity index (χ1n) is 5.36. The van der Waals surface area contributed by atoms with Gasteiger partial charge in [0.25, 0.3) is 0 Å². The summed E-state index contributed by atoms with van der Waals surface area (Å²) in [6, 6.07) is 0. The Bertz CT molecular complexity index is 285. The van der Waals surface area contributed by atoms with E-state index in [2.05, 4.69) is 0 Å². The highest BCUT2D eigenvalue weighted by molar-refractivity contribution is 5.89. The second-order valence-electron chi connectivity index (χ2n) is 5.00. The van der Waals surface area contributed by atoms with E-state index in [1.165, 1.54) is 18.7 Å². The van der Waals surface area contributed by atoms with Crippen molar-refractivity contribution in [2.75, 3.05) is 13.1 Å². The molecule has 0 aromatic heterocycles. The number of carboxylic acid groups (broad SMARTS) is 1. The molecule has 0 fully saturated rings. The van der Waals surface area contributed by atoms with Crippen LogP contribution in [0, 0.1) is 5.41 Å². The maximum absolute atomic E-state index is 12.2. The molecular weight excluding hydrogens is 208 g/mol. The Morgan fingerprint density at radius 1 is 1.25 bits per heavy atom. The van der Waals surface area contributed by atoms with E-state index in [0.717, 1.165) is 0 Å². The Morgan fingerprint density at radius 3 is 1.94 bits per heavy atom. The molecule has 0 unspecified atom stereocenters. The average molecular weight is 230 g/mol. The van der Waals surface area contributed by atoms with Gasteiger partial charge in [-0.25, -0.2) is 4.79 Å². The zero-order chi connectivity index (χ0) is 13.1. The van der Waals surface area contributed by atoms with E-state index in [1.54, 1.807) is 20.8 Å². The fourth-order valence-electron chi connectivity index (χ4n) is 1.36. The highest BCUT2D eigenvalue weighted by Crippen LogP contribution is 2.23. The van der Waals surface area contributed by atoms with Crippen molar-refractivity contribution in [1.82, 2.24) is 4.90 Å². The predicted molar refractivity (Wildman–Crippen MR) is 61.9 cm³/mol. The van der Waals surface area contributed by atoms with Gasteiger partial charge in [0.2, 0.25) is 5.91 Å². The molecule has 3 N–H and O–H groups in total. The van der Waals surface area contributed by atoms with Gasteiger partial charge in [-0.05, 0) is 34.6 Å². The van der Waals surface area contributed by atoms with Crippen molar-refractivity contribution in [2.24, 2.45) is 11.1 Å². The molecule has 0 heterocycles. The summed E-state index contributed by atoms with van der Waals surface area (Å²) in [7, 11) is 0. The summed E-state index contributed by atoms with van der Waals surface area (Å²) < 4.78 is 0. The van der Waals surface area contributed by atoms with Crippen molar-refractivity contribution in [1.29, 1.82) is 0 Å². The molecule has 5 nitrogen and oxygen atoms in total. The van der Waals surface area contributed by atoms with Crippen LogP contribution in [0.1, 0.15) is 34.6 Å². The monoisotopic (exact) mass is 230 g/mol. The number of rotatable bonds is 5. The number of carbonyl (C=O) groups excluding carboxylic acids is 1. The third-order valence-electron chi connectivity index (χ3n) is 2.85. The standard InChI is InChI=1S/C11H22N2O3/c1-6-13(11(4,5)9(15)16)8(14)10(2,3)7-12/h6-7,12H2,1-5H3,(H,15,16). The van der Waals surface area contributed by atoms with Crippen molar-refractivity contribution in [3.8, 4) is 0 Å². The largest absolute Gasteiger partial charge is 0.480 e. The molecule has 0 aliphatic heterocycles. The molecule has 0 saturated heterocycles. The molecule has 0 spiro atoms. The number of nitrogens with two attached hydrogens (primary N) is 1. The summed E-state index contributed by atoms with van der Waals surface area (Å²) >= 11 is 0. The number of hydrogen-bond donors (Lipinski definition) is 2. The quantitative estimate of drug-likeness (QED) is 0.727. The number of aliphatic carboxylic acids is 1. The number of likely N-dealkylation sites (N-methyl/N-ethyl adjacent to an activating group) is 1. The molecular formula is C11H22N2O3. The Morgan fingerprint density at radius 2 is 1.69 bits per heavy atom. The summed E-state index contributed by atoms with van der Waals surface area (Å²) in [5.74, 6) is -1.25. The SMILES string of the molecule is CCN(C(=O)C(C)(C)CN)C(C)(C)C(=O)O. The fourth-order valence-corrected chi connectivity index (χ4v) is 1.36. The van der Waals surface area contributed by atoms with Crippen LogP contribution in [-0.2, 0) is 9.59 Å². The topological polar surface area (TPSA) is 83.6 Å². The number of amides is 1. The summed E-state index contributed by atoms with van der Waals surface area (Å²) in [6.07, 6.45) is 0. The molecule has 0 aliphatic carbocycles. The van der Waals surface area contributed by atoms with Gasteiger partial charge in [-0.3, -0.25) is 4.79 Å². The van der Waals surface area contributed by atoms with Crippen LogP contribution < -0.4 is 5.73 Å². The number of nitrogens with zero attached hydrogens (tertiary/aromatic N) is 1. The zero-order valence-electron chi connectivity index (χ0n) is 10.7. The Hall–Kier alpha value is -1.10. The molecule has 0 aromatic rings. The third-order valence-corrected chi connectivity index (χ3v) is 2.85. The number of carbonyl (C=O) groups is 2. The van der Waals surface area contributed by atoms with E-state index in [4.69, 9.17) is 10.8 Å². The highest BCUT2D eigenvalue weighted by atomic mass is 16.4. The average Bonchev–Trinajstić information content (AvgIpc) is 2.18. The van der Waals surface area contributed by atoms with Crippen LogP contribution >= 0.6 is 0 Å². The lowest BCUT2D eigenvalue weighted by Crippen LogP contribution is -2.57. The summed E-state index contributed by atoms with van der Waals surface area (Å²) in [4.78, 5) is 24.6. The second-order valence-corrected chi connectivity index (χ2v) is 5.00. The van der Waals surface area contributed by atoms with Crippen molar-refractivity contribution in [2.45, 2.75) is 40.2 Å². The van der Waals surface area contributed by atoms with Crippen molar-refractivity contribution >= 4 is 11.9 Å². The molecule has 1 amide bonds. The normalized spacial score (nSPS) is 12.4. The molecule has 0 aromatic carbocycles. The zero-order valence-corrected chi connectivity index (χ0v) is 10.7. The van der Waals surface area contributed by atoms with E-state index >= 15 is 0 Å². The molecule has 94 valence electrons. The van der Waals surface area contributed by atoms with Gasteiger partial charge in [0, 0.05) is 13.1 Å². The van der Waals surface area contributed by atoms with Crippen LogP contribution in [0.5, 0.6) is 0 Å². The lowest BCUT2D eigenvalue weighted by molar-refractivity contribution is -0.160. The third kappa shape index (κ3) is 2.72. The summed E-state index contributed by atoms with van der Waals surface area (Å²) in [6.45, 7) is 8.77. The van der Waals surface area contributed by atoms with Crippen molar-refractivity contribution < 1.29 is 14.7 Å². The molecule has 0 radical (unpaired) electrons. The maximum Gasteiger partial charge on any atom is 0.329 e. The molecule has 0 saturated carbocycles. The Labute approximate surface area is 96.6 Å². The second kappa shape index (κ2) is 4.82. The highest BCUT2D eigenvalue weighted by Gasteiger charge is 2.41. The van der Waals surface area contributed by atoms with E-state index < -0.39 is 16.9 Å². The van der Waals surface area contributed by atoms with Crippen molar-refractivity contribution in [3.63, 3.8) is 0 Å². The first-order valence-corrected chi connectivity index (χ1v) is 5.36. The fraction of sp³-hybridized carbons (Fsp3) is 0.818. The molecule has 0 rings (SSSR count). The van der Waals surface area contributed by atoms with Crippen LogP contribution in [0.15, 0.2) is 0 Å². The van der Waals surface area contributed by atoms with Gasteiger partial charge in [-0.15, -0.1) is 0 Å². The minimum absolute atomic E-state index is 0.192. The summed E-state index contributed by atoms with van der Waals surface area (Å²) in [5, 5.41) is 9.10. The first kappa shape index (κ1) is 14.9. The minimum atomic E-state index is -1.21. The molecule has 16 heavy (non-hydrogen) atoms. The van der Waals surface area contributed by atoms with Gasteiger partial charge in [-0.1, -0.05) is 0 Å². The molecule has 5 heteroatoms. The van der Waals surface area contributed by atoms with E-state index in [1.807, 2.05) is 0 Å². The van der Waals surface area contributed by atoms with Gasteiger partial charge in [-0.2, -0.15) is 0 Å². The lowest BCUT2D eigenvalue weighted by atomic mass is 9.89. The van der Waals surface area contributed by atoms with Crippen LogP contribution in [-0.4, -0.2) is 40.5 Å². The molecule has 0 bridgehead atoms.